The summed E-state index contributed by atoms with van der Waals surface area (Å²) in [5, 5.41) is 13.2. The van der Waals surface area contributed by atoms with Gasteiger partial charge in [0.25, 0.3) is 0 Å². The van der Waals surface area contributed by atoms with Gasteiger partial charge in [-0.05, 0) is 31.2 Å². The Bertz CT molecular complexity index is 433. The zero-order valence-corrected chi connectivity index (χ0v) is 11.8. The third-order valence-electron chi connectivity index (χ3n) is 4.41. The topological polar surface area (TPSA) is 49.3 Å². The zero-order chi connectivity index (χ0) is 13.9. The van der Waals surface area contributed by atoms with Crippen LogP contribution in [0.15, 0.2) is 30.3 Å². The van der Waals surface area contributed by atoms with Crippen LogP contribution in [0.3, 0.4) is 0 Å². The molecule has 0 atom stereocenters. The second-order valence-electron chi connectivity index (χ2n) is 5.56. The third-order valence-corrected chi connectivity index (χ3v) is 4.41. The Morgan fingerprint density at radius 1 is 1.26 bits per heavy atom. The van der Waals surface area contributed by atoms with Gasteiger partial charge in [-0.15, -0.1) is 0 Å². The molecule has 2 rings (SSSR count). The van der Waals surface area contributed by atoms with Crippen LogP contribution in [0.5, 0.6) is 0 Å². The predicted molar refractivity (Wildman–Crippen MR) is 75.9 cm³/mol. The van der Waals surface area contributed by atoms with E-state index in [9.17, 15) is 9.90 Å². The number of carbonyl (C=O) groups is 1. The van der Waals surface area contributed by atoms with E-state index in [2.05, 4.69) is 5.32 Å². The maximum Gasteiger partial charge on any atom is 0.230 e. The summed E-state index contributed by atoms with van der Waals surface area (Å²) in [6.45, 7) is 4.23. The fourth-order valence-electron chi connectivity index (χ4n) is 2.44. The van der Waals surface area contributed by atoms with Crippen molar-refractivity contribution in [1.82, 2.24) is 5.32 Å². The summed E-state index contributed by atoms with van der Waals surface area (Å²) in [4.78, 5) is 12.4. The summed E-state index contributed by atoms with van der Waals surface area (Å²) in [5.41, 5.74) is -0.0319. The van der Waals surface area contributed by atoms with Crippen LogP contribution >= 0.6 is 0 Å². The molecule has 0 radical (unpaired) electrons. The molecule has 3 heteroatoms. The Balaban J connectivity index is 2.01. The molecule has 1 fully saturated rings. The van der Waals surface area contributed by atoms with Crippen molar-refractivity contribution in [3.05, 3.63) is 35.9 Å². The van der Waals surface area contributed by atoms with E-state index in [-0.39, 0.29) is 11.3 Å². The van der Waals surface area contributed by atoms with Crippen LogP contribution < -0.4 is 5.32 Å². The number of aliphatic hydroxyl groups is 1. The molecule has 104 valence electrons. The summed E-state index contributed by atoms with van der Waals surface area (Å²) in [6, 6.07) is 9.93. The van der Waals surface area contributed by atoms with Crippen molar-refractivity contribution < 1.29 is 9.90 Å². The van der Waals surface area contributed by atoms with Crippen LogP contribution in [-0.4, -0.2) is 23.2 Å². The van der Waals surface area contributed by atoms with Gasteiger partial charge in [-0.2, -0.15) is 0 Å². The smallest absolute Gasteiger partial charge is 0.230 e. The lowest BCUT2D eigenvalue weighted by molar-refractivity contribution is -0.125. The van der Waals surface area contributed by atoms with Gasteiger partial charge in [0.1, 0.15) is 0 Å². The first-order valence-corrected chi connectivity index (χ1v) is 7.12. The largest absolute Gasteiger partial charge is 0.388 e. The van der Waals surface area contributed by atoms with Gasteiger partial charge in [0.05, 0.1) is 11.0 Å². The van der Waals surface area contributed by atoms with Gasteiger partial charge in [0, 0.05) is 6.54 Å². The van der Waals surface area contributed by atoms with Crippen LogP contribution in [0.1, 0.15) is 45.1 Å². The highest BCUT2D eigenvalue weighted by Gasteiger charge is 2.51. The van der Waals surface area contributed by atoms with E-state index in [0.29, 0.717) is 19.4 Å². The Morgan fingerprint density at radius 3 is 2.32 bits per heavy atom. The number of amides is 1. The number of rotatable bonds is 6. The highest BCUT2D eigenvalue weighted by molar-refractivity contribution is 5.91. The fourth-order valence-corrected chi connectivity index (χ4v) is 2.44. The van der Waals surface area contributed by atoms with Crippen molar-refractivity contribution in [2.75, 3.05) is 6.54 Å². The first kappa shape index (κ1) is 14.1. The first-order chi connectivity index (χ1) is 9.06. The van der Waals surface area contributed by atoms with Gasteiger partial charge in [-0.25, -0.2) is 0 Å². The van der Waals surface area contributed by atoms with Crippen LogP contribution in [0, 0.1) is 0 Å². The Labute approximate surface area is 115 Å². The quantitative estimate of drug-likeness (QED) is 0.826. The second-order valence-corrected chi connectivity index (χ2v) is 5.56. The van der Waals surface area contributed by atoms with Crippen LogP contribution in [-0.2, 0) is 10.2 Å². The average Bonchev–Trinajstić information content (AvgIpc) is 3.27. The summed E-state index contributed by atoms with van der Waals surface area (Å²) >= 11 is 0. The van der Waals surface area contributed by atoms with Crippen LogP contribution in [0.2, 0.25) is 0 Å². The predicted octanol–water partition coefficient (Wildman–Crippen LogP) is 2.39. The average molecular weight is 261 g/mol. The van der Waals surface area contributed by atoms with Crippen LogP contribution in [0.25, 0.3) is 0 Å². The fraction of sp³-hybridized carbons (Fsp3) is 0.562. The zero-order valence-electron chi connectivity index (χ0n) is 11.8. The van der Waals surface area contributed by atoms with Crippen molar-refractivity contribution in [3.63, 3.8) is 0 Å². The molecule has 2 N–H and O–H groups in total. The summed E-state index contributed by atoms with van der Waals surface area (Å²) in [6.07, 6.45) is 3.11. The minimum atomic E-state index is -0.775. The molecule has 1 saturated carbocycles. The maximum atomic E-state index is 12.4. The molecule has 1 aromatic rings. The maximum absolute atomic E-state index is 12.4. The highest BCUT2D eigenvalue weighted by Crippen LogP contribution is 2.48. The summed E-state index contributed by atoms with van der Waals surface area (Å²) in [5.74, 6) is 0.0547. The van der Waals surface area contributed by atoms with Gasteiger partial charge >= 0.3 is 0 Å². The van der Waals surface area contributed by atoms with Crippen molar-refractivity contribution in [1.29, 1.82) is 0 Å². The van der Waals surface area contributed by atoms with Gasteiger partial charge < -0.3 is 10.4 Å². The lowest BCUT2D eigenvalue weighted by atomic mass is 9.93. The standard InChI is InChI=1S/C16H23NO2/c1-3-15(19,4-2)12-17-14(18)16(10-11-16)13-8-6-5-7-9-13/h5-9,19H,3-4,10-12H2,1-2H3,(H,17,18). The van der Waals surface area contributed by atoms with E-state index in [1.54, 1.807) is 0 Å². The molecule has 0 aliphatic heterocycles. The second kappa shape index (κ2) is 5.33. The van der Waals surface area contributed by atoms with Crippen molar-refractivity contribution in [2.45, 2.75) is 50.5 Å². The van der Waals surface area contributed by atoms with Crippen LogP contribution in [0.4, 0.5) is 0 Å². The van der Waals surface area contributed by atoms with E-state index in [0.717, 1.165) is 18.4 Å². The van der Waals surface area contributed by atoms with Gasteiger partial charge in [-0.3, -0.25) is 4.79 Å². The monoisotopic (exact) mass is 261 g/mol. The van der Waals surface area contributed by atoms with Crippen molar-refractivity contribution in [2.24, 2.45) is 0 Å². The summed E-state index contributed by atoms with van der Waals surface area (Å²) in [7, 11) is 0. The lowest BCUT2D eigenvalue weighted by Gasteiger charge is -2.26. The number of hydrogen-bond donors (Lipinski definition) is 2. The summed E-state index contributed by atoms with van der Waals surface area (Å²) < 4.78 is 0. The SMILES string of the molecule is CCC(O)(CC)CNC(=O)C1(c2ccccc2)CC1. The van der Waals surface area contributed by atoms with Crippen molar-refractivity contribution in [3.8, 4) is 0 Å². The molecule has 0 unspecified atom stereocenters. The minimum Gasteiger partial charge on any atom is -0.388 e. The molecule has 0 spiro atoms. The Kier molecular flexibility index (Phi) is 3.95. The van der Waals surface area contributed by atoms with Crippen molar-refractivity contribution >= 4 is 5.91 Å². The highest BCUT2D eigenvalue weighted by atomic mass is 16.3. The van der Waals surface area contributed by atoms with Gasteiger partial charge in [0.2, 0.25) is 5.91 Å². The normalized spacial score (nSPS) is 17.0. The lowest BCUT2D eigenvalue weighted by Crippen LogP contribution is -2.45. The molecule has 1 amide bonds. The molecule has 0 bridgehead atoms. The minimum absolute atomic E-state index is 0.0547. The number of hydrogen-bond acceptors (Lipinski definition) is 2. The number of benzene rings is 1. The Morgan fingerprint density at radius 2 is 1.84 bits per heavy atom. The van der Waals surface area contributed by atoms with Gasteiger partial charge in [0.15, 0.2) is 0 Å². The van der Waals surface area contributed by atoms with E-state index in [4.69, 9.17) is 0 Å². The molecular weight excluding hydrogens is 238 g/mol. The van der Waals surface area contributed by atoms with Gasteiger partial charge in [-0.1, -0.05) is 44.2 Å². The van der Waals surface area contributed by atoms with E-state index in [1.807, 2.05) is 44.2 Å². The molecular formula is C16H23NO2. The molecule has 0 saturated heterocycles. The Hall–Kier alpha value is -1.35. The molecule has 1 aromatic carbocycles. The number of nitrogens with one attached hydrogen (secondary N) is 1. The molecule has 3 nitrogen and oxygen atoms in total. The first-order valence-electron chi connectivity index (χ1n) is 7.12. The molecule has 0 heterocycles. The van der Waals surface area contributed by atoms with E-state index >= 15 is 0 Å². The number of carbonyl (C=O) groups excluding carboxylic acids is 1. The third kappa shape index (κ3) is 2.81. The van der Waals surface area contributed by atoms with E-state index in [1.165, 1.54) is 0 Å². The molecule has 1 aliphatic rings. The molecule has 19 heavy (non-hydrogen) atoms. The van der Waals surface area contributed by atoms with E-state index < -0.39 is 5.60 Å². The molecule has 0 aromatic heterocycles. The molecule has 1 aliphatic carbocycles.